The first-order valence-corrected chi connectivity index (χ1v) is 10.5. The summed E-state index contributed by atoms with van der Waals surface area (Å²) in [4.78, 5) is 13.1. The number of hydrogen-bond donors (Lipinski definition) is 1. The molecular formula is C14H16N2O5S3. The molecule has 0 atom stereocenters. The van der Waals surface area contributed by atoms with E-state index in [2.05, 4.69) is 0 Å². The van der Waals surface area contributed by atoms with Crippen LogP contribution in [-0.4, -0.2) is 41.7 Å². The molecular weight excluding hydrogens is 372 g/mol. The van der Waals surface area contributed by atoms with Gasteiger partial charge in [0.2, 0.25) is 25.8 Å². The van der Waals surface area contributed by atoms with Gasteiger partial charge < -0.3 is 4.90 Å². The molecule has 0 saturated carbocycles. The Morgan fingerprint density at radius 1 is 1.00 bits per heavy atom. The van der Waals surface area contributed by atoms with Gasteiger partial charge >= 0.3 is 0 Å². The lowest BCUT2D eigenvalue weighted by Gasteiger charge is -2.10. The van der Waals surface area contributed by atoms with E-state index < -0.39 is 19.9 Å². The Bertz CT molecular complexity index is 958. The second kappa shape index (κ2) is 6.63. The fourth-order valence-corrected chi connectivity index (χ4v) is 5.43. The molecule has 0 unspecified atom stereocenters. The van der Waals surface area contributed by atoms with E-state index in [1.54, 1.807) is 26.2 Å². The van der Waals surface area contributed by atoms with Crippen LogP contribution in [0.5, 0.6) is 0 Å². The van der Waals surface area contributed by atoms with Crippen LogP contribution in [0.1, 0.15) is 5.56 Å². The van der Waals surface area contributed by atoms with Crippen molar-refractivity contribution >= 4 is 37.1 Å². The predicted molar refractivity (Wildman–Crippen MR) is 90.0 cm³/mol. The van der Waals surface area contributed by atoms with E-state index in [0.717, 1.165) is 6.07 Å². The Hall–Kier alpha value is -1.75. The quantitative estimate of drug-likeness (QED) is 0.816. The lowest BCUT2D eigenvalue weighted by atomic mass is 10.1. The standard InChI is InChI=1S/C14H16N2O5S3/c1-16(2)12(17)9-10-3-5-11(6-4-10)23(18,19)13-7-8-14(22-13)24(15,20)21/h3-8H,9H2,1-2H3,(H2,15,20,21). The summed E-state index contributed by atoms with van der Waals surface area (Å²) in [5, 5.41) is 4.99. The minimum atomic E-state index is -3.94. The Balaban J connectivity index is 2.30. The van der Waals surface area contributed by atoms with E-state index in [9.17, 15) is 21.6 Å². The first kappa shape index (κ1) is 18.6. The first-order chi connectivity index (χ1) is 11.0. The van der Waals surface area contributed by atoms with Gasteiger partial charge in [-0.1, -0.05) is 12.1 Å². The molecule has 2 aromatic rings. The van der Waals surface area contributed by atoms with Crippen LogP contribution in [0, 0.1) is 0 Å². The zero-order chi connectivity index (χ0) is 18.1. The van der Waals surface area contributed by atoms with Gasteiger partial charge in [0.05, 0.1) is 11.3 Å². The minimum absolute atomic E-state index is 0.0198. The summed E-state index contributed by atoms with van der Waals surface area (Å²) in [6.07, 6.45) is 0.169. The molecule has 130 valence electrons. The van der Waals surface area contributed by atoms with Gasteiger partial charge in [0.15, 0.2) is 0 Å². The van der Waals surface area contributed by atoms with Gasteiger partial charge in [0.1, 0.15) is 8.42 Å². The van der Waals surface area contributed by atoms with Gasteiger partial charge in [-0.15, -0.1) is 11.3 Å². The lowest BCUT2D eigenvalue weighted by Crippen LogP contribution is -2.23. The number of carbonyl (C=O) groups is 1. The van der Waals surface area contributed by atoms with E-state index in [1.807, 2.05) is 0 Å². The summed E-state index contributed by atoms with van der Waals surface area (Å²) in [6, 6.07) is 8.28. The number of benzene rings is 1. The number of nitrogens with two attached hydrogens (primary N) is 1. The van der Waals surface area contributed by atoms with Crippen LogP contribution in [0.25, 0.3) is 0 Å². The Labute approximate surface area is 144 Å². The molecule has 0 fully saturated rings. The molecule has 1 aromatic carbocycles. The molecule has 0 radical (unpaired) electrons. The average Bonchev–Trinajstić information content (AvgIpc) is 2.98. The molecule has 0 bridgehead atoms. The normalized spacial score (nSPS) is 12.1. The number of sulfonamides is 1. The maximum absolute atomic E-state index is 12.5. The largest absolute Gasteiger partial charge is 0.349 e. The summed E-state index contributed by atoms with van der Waals surface area (Å²) < 4.78 is 47.2. The van der Waals surface area contributed by atoms with Crippen LogP contribution in [0.2, 0.25) is 0 Å². The van der Waals surface area contributed by atoms with Gasteiger partial charge in [-0.25, -0.2) is 22.0 Å². The summed E-state index contributed by atoms with van der Waals surface area (Å²) >= 11 is 0.599. The smallest absolute Gasteiger partial charge is 0.247 e. The Morgan fingerprint density at radius 2 is 1.54 bits per heavy atom. The van der Waals surface area contributed by atoms with Gasteiger partial charge in [0.25, 0.3) is 0 Å². The molecule has 24 heavy (non-hydrogen) atoms. The van der Waals surface area contributed by atoms with E-state index >= 15 is 0 Å². The number of nitrogens with zero attached hydrogens (tertiary/aromatic N) is 1. The third-order valence-electron chi connectivity index (χ3n) is 3.19. The van der Waals surface area contributed by atoms with Crippen molar-refractivity contribution in [2.75, 3.05) is 14.1 Å². The third kappa shape index (κ3) is 4.01. The van der Waals surface area contributed by atoms with Gasteiger partial charge in [-0.2, -0.15) is 0 Å². The van der Waals surface area contributed by atoms with Crippen LogP contribution in [0.4, 0.5) is 0 Å². The number of amides is 1. The number of likely N-dealkylation sites (N-methyl/N-ethyl adjacent to an activating group) is 1. The topological polar surface area (TPSA) is 115 Å². The number of rotatable bonds is 5. The van der Waals surface area contributed by atoms with Crippen molar-refractivity contribution in [1.29, 1.82) is 0 Å². The van der Waals surface area contributed by atoms with Gasteiger partial charge in [-0.3, -0.25) is 4.79 Å². The van der Waals surface area contributed by atoms with Crippen LogP contribution in [-0.2, 0) is 31.1 Å². The zero-order valence-electron chi connectivity index (χ0n) is 13.0. The third-order valence-corrected chi connectivity index (χ3v) is 7.97. The molecule has 2 N–H and O–H groups in total. The second-order valence-electron chi connectivity index (χ2n) is 5.23. The highest BCUT2D eigenvalue weighted by Gasteiger charge is 2.22. The molecule has 1 amide bonds. The van der Waals surface area contributed by atoms with Crippen molar-refractivity contribution in [3.63, 3.8) is 0 Å². The molecule has 10 heteroatoms. The maximum atomic E-state index is 12.5. The lowest BCUT2D eigenvalue weighted by molar-refractivity contribution is -0.127. The molecule has 7 nitrogen and oxygen atoms in total. The Morgan fingerprint density at radius 3 is 2.00 bits per heavy atom. The molecule has 0 aliphatic carbocycles. The van der Waals surface area contributed by atoms with Crippen molar-refractivity contribution in [3.05, 3.63) is 42.0 Å². The maximum Gasteiger partial charge on any atom is 0.247 e. The zero-order valence-corrected chi connectivity index (χ0v) is 15.4. The van der Waals surface area contributed by atoms with Gasteiger partial charge in [-0.05, 0) is 29.8 Å². The molecule has 1 heterocycles. The van der Waals surface area contributed by atoms with Crippen LogP contribution in [0.3, 0.4) is 0 Å². The summed E-state index contributed by atoms with van der Waals surface area (Å²) in [5.74, 6) is -0.0957. The van der Waals surface area contributed by atoms with Crippen molar-refractivity contribution in [1.82, 2.24) is 4.90 Å². The molecule has 0 aliphatic rings. The van der Waals surface area contributed by atoms with Crippen molar-refractivity contribution in [2.24, 2.45) is 5.14 Å². The second-order valence-corrected chi connectivity index (χ2v) is 10.3. The van der Waals surface area contributed by atoms with Crippen LogP contribution in [0.15, 0.2) is 49.7 Å². The van der Waals surface area contributed by atoms with E-state index in [4.69, 9.17) is 5.14 Å². The first-order valence-electron chi connectivity index (χ1n) is 6.68. The van der Waals surface area contributed by atoms with E-state index in [1.165, 1.54) is 23.1 Å². The number of primary sulfonamides is 1. The number of carbonyl (C=O) groups excluding carboxylic acids is 1. The highest BCUT2D eigenvalue weighted by atomic mass is 32.3. The van der Waals surface area contributed by atoms with Gasteiger partial charge in [0, 0.05) is 14.1 Å². The molecule has 0 spiro atoms. The highest BCUT2D eigenvalue weighted by Crippen LogP contribution is 2.29. The minimum Gasteiger partial charge on any atom is -0.349 e. The highest BCUT2D eigenvalue weighted by molar-refractivity contribution is 7.95. The van der Waals surface area contributed by atoms with Crippen LogP contribution < -0.4 is 5.14 Å². The molecule has 2 rings (SSSR count). The summed E-state index contributed by atoms with van der Waals surface area (Å²) in [6.45, 7) is 0. The number of thiophene rings is 1. The SMILES string of the molecule is CN(C)C(=O)Cc1ccc(S(=O)(=O)c2ccc(S(N)(=O)=O)s2)cc1. The predicted octanol–water partition coefficient (Wildman–Crippen LogP) is 0.859. The van der Waals surface area contributed by atoms with Crippen molar-refractivity contribution in [3.8, 4) is 0 Å². The molecule has 0 saturated heterocycles. The van der Waals surface area contributed by atoms with Crippen molar-refractivity contribution in [2.45, 2.75) is 19.7 Å². The fourth-order valence-electron chi connectivity index (χ4n) is 1.84. The summed E-state index contributed by atoms with van der Waals surface area (Å²) in [5.41, 5.74) is 0.684. The summed E-state index contributed by atoms with van der Waals surface area (Å²) in [7, 11) is -4.50. The average molecular weight is 388 g/mol. The molecule has 0 aliphatic heterocycles. The number of sulfone groups is 1. The molecule has 1 aromatic heterocycles. The van der Waals surface area contributed by atoms with E-state index in [-0.39, 0.29) is 25.6 Å². The fraction of sp³-hybridized carbons (Fsp3) is 0.214. The monoisotopic (exact) mass is 388 g/mol. The number of hydrogen-bond acceptors (Lipinski definition) is 6. The van der Waals surface area contributed by atoms with Crippen LogP contribution >= 0.6 is 11.3 Å². The Kier molecular flexibility index (Phi) is 5.14. The van der Waals surface area contributed by atoms with Crippen molar-refractivity contribution < 1.29 is 21.6 Å². The van der Waals surface area contributed by atoms with E-state index in [0.29, 0.717) is 16.9 Å².